The summed E-state index contributed by atoms with van der Waals surface area (Å²) in [6.07, 6.45) is 0.178. The number of carbonyl (C=O) groups is 2. The van der Waals surface area contributed by atoms with Crippen LogP contribution in [0.25, 0.3) is 0 Å². The number of carboxylic acid groups (broad SMARTS) is 1. The van der Waals surface area contributed by atoms with Crippen LogP contribution >= 0.6 is 0 Å². The van der Waals surface area contributed by atoms with Crippen LogP contribution in [0, 0.1) is 5.92 Å². The van der Waals surface area contributed by atoms with Gasteiger partial charge in [-0.3, -0.25) is 9.59 Å². The summed E-state index contributed by atoms with van der Waals surface area (Å²) in [7, 11) is 0. The maximum absolute atomic E-state index is 11.0. The number of nitrogens with one attached hydrogen (secondary N) is 1. The molecule has 1 saturated heterocycles. The molecule has 0 aliphatic carbocycles. The van der Waals surface area contributed by atoms with Gasteiger partial charge in [-0.15, -0.1) is 0 Å². The zero-order chi connectivity index (χ0) is 9.14. The van der Waals surface area contributed by atoms with Crippen molar-refractivity contribution in [2.75, 3.05) is 6.61 Å². The van der Waals surface area contributed by atoms with Gasteiger partial charge in [0.2, 0.25) is 5.91 Å². The van der Waals surface area contributed by atoms with Crippen LogP contribution in [0.3, 0.4) is 0 Å². The van der Waals surface area contributed by atoms with Crippen LogP contribution in [0.4, 0.5) is 0 Å². The van der Waals surface area contributed by atoms with Crippen molar-refractivity contribution in [1.29, 1.82) is 0 Å². The standard InChI is InChI=1S/C7H10NO4/c9-3-5-1-4(2-6(10)11)7(12)8-5/h4-5H,1-3H2,(H,8,12)(H,10,11). The number of hydrogen-bond donors (Lipinski definition) is 2. The second kappa shape index (κ2) is 3.53. The molecule has 0 spiro atoms. The monoisotopic (exact) mass is 172 g/mol. The van der Waals surface area contributed by atoms with E-state index < -0.39 is 11.9 Å². The Hall–Kier alpha value is -1.10. The Morgan fingerprint density at radius 1 is 1.67 bits per heavy atom. The fourth-order valence-corrected chi connectivity index (χ4v) is 1.32. The smallest absolute Gasteiger partial charge is 0.304 e. The summed E-state index contributed by atoms with van der Waals surface area (Å²) in [6.45, 7) is -0.373. The molecule has 1 rings (SSSR count). The van der Waals surface area contributed by atoms with Crippen molar-refractivity contribution in [3.63, 3.8) is 0 Å². The highest BCUT2D eigenvalue weighted by Gasteiger charge is 2.32. The first kappa shape index (κ1) is 8.99. The Balaban J connectivity index is 2.46. The summed E-state index contributed by atoms with van der Waals surface area (Å²) in [6, 6.07) is -0.373. The number of rotatable bonds is 3. The predicted octanol–water partition coefficient (Wildman–Crippen LogP) is -0.604. The minimum Gasteiger partial charge on any atom is -0.481 e. The van der Waals surface area contributed by atoms with Gasteiger partial charge in [0.15, 0.2) is 0 Å². The molecule has 5 nitrogen and oxygen atoms in total. The Morgan fingerprint density at radius 2 is 2.33 bits per heavy atom. The van der Waals surface area contributed by atoms with Crippen molar-refractivity contribution in [1.82, 2.24) is 5.32 Å². The molecule has 2 N–H and O–H groups in total. The van der Waals surface area contributed by atoms with Crippen LogP contribution in [0.2, 0.25) is 0 Å². The van der Waals surface area contributed by atoms with Gasteiger partial charge < -0.3 is 10.4 Å². The van der Waals surface area contributed by atoms with Crippen LogP contribution in [0.5, 0.6) is 0 Å². The molecule has 1 fully saturated rings. The van der Waals surface area contributed by atoms with Crippen LogP contribution in [-0.4, -0.2) is 29.6 Å². The molecule has 0 aromatic carbocycles. The van der Waals surface area contributed by atoms with Gasteiger partial charge in [0.05, 0.1) is 18.4 Å². The molecular formula is C7H10NO4. The van der Waals surface area contributed by atoms with Crippen LogP contribution < -0.4 is 5.32 Å². The molecule has 0 bridgehead atoms. The van der Waals surface area contributed by atoms with Gasteiger partial charge in [-0.25, -0.2) is 5.11 Å². The van der Waals surface area contributed by atoms with E-state index in [1.165, 1.54) is 0 Å². The van der Waals surface area contributed by atoms with E-state index in [9.17, 15) is 14.7 Å². The quantitative estimate of drug-likeness (QED) is 0.595. The molecule has 1 aliphatic rings. The van der Waals surface area contributed by atoms with Crippen LogP contribution in [0.1, 0.15) is 12.8 Å². The molecule has 2 atom stereocenters. The van der Waals surface area contributed by atoms with E-state index in [0.717, 1.165) is 0 Å². The van der Waals surface area contributed by atoms with E-state index in [2.05, 4.69) is 5.32 Å². The van der Waals surface area contributed by atoms with Crippen molar-refractivity contribution in [3.05, 3.63) is 0 Å². The number of hydrogen-bond acceptors (Lipinski definition) is 2. The molecule has 1 heterocycles. The van der Waals surface area contributed by atoms with Gasteiger partial charge >= 0.3 is 5.97 Å². The van der Waals surface area contributed by atoms with Gasteiger partial charge in [-0.05, 0) is 6.42 Å². The largest absolute Gasteiger partial charge is 0.481 e. The lowest BCUT2D eigenvalue weighted by atomic mass is 10.0. The molecule has 0 aromatic heterocycles. The van der Waals surface area contributed by atoms with E-state index in [-0.39, 0.29) is 25.0 Å². The molecule has 1 aliphatic heterocycles. The molecule has 1 radical (unpaired) electrons. The highest BCUT2D eigenvalue weighted by atomic mass is 16.4. The lowest BCUT2D eigenvalue weighted by Gasteiger charge is -2.01. The Kier molecular flexibility index (Phi) is 2.65. The van der Waals surface area contributed by atoms with Crippen molar-refractivity contribution >= 4 is 11.9 Å². The Morgan fingerprint density at radius 3 is 2.75 bits per heavy atom. The minimum absolute atomic E-state index is 0.178. The first-order valence-corrected chi connectivity index (χ1v) is 3.73. The van der Waals surface area contributed by atoms with Crippen LogP contribution in [-0.2, 0) is 14.7 Å². The molecular weight excluding hydrogens is 162 g/mol. The lowest BCUT2D eigenvalue weighted by Crippen LogP contribution is -2.28. The van der Waals surface area contributed by atoms with Gasteiger partial charge in [-0.1, -0.05) is 0 Å². The lowest BCUT2D eigenvalue weighted by molar-refractivity contribution is -0.140. The second-order valence-electron chi connectivity index (χ2n) is 2.90. The summed E-state index contributed by atoms with van der Waals surface area (Å²) in [4.78, 5) is 21.2. The maximum atomic E-state index is 11.0. The minimum atomic E-state index is -0.998. The zero-order valence-electron chi connectivity index (χ0n) is 6.45. The summed E-state index contributed by atoms with van der Waals surface area (Å²) in [5, 5.41) is 21.2. The van der Waals surface area contributed by atoms with Gasteiger partial charge in [0, 0.05) is 0 Å². The maximum Gasteiger partial charge on any atom is 0.304 e. The van der Waals surface area contributed by atoms with Gasteiger partial charge in [0.25, 0.3) is 0 Å². The van der Waals surface area contributed by atoms with Crippen molar-refractivity contribution in [2.45, 2.75) is 18.9 Å². The Bertz CT molecular complexity index is 204. The third kappa shape index (κ3) is 1.94. The second-order valence-corrected chi connectivity index (χ2v) is 2.90. The first-order chi connectivity index (χ1) is 5.63. The number of amides is 1. The number of carboxylic acids is 1. The third-order valence-electron chi connectivity index (χ3n) is 1.91. The molecule has 12 heavy (non-hydrogen) atoms. The topological polar surface area (TPSA) is 86.3 Å². The summed E-state index contributed by atoms with van der Waals surface area (Å²) in [5.41, 5.74) is 0. The zero-order valence-corrected chi connectivity index (χ0v) is 6.45. The fraction of sp³-hybridized carbons (Fsp3) is 0.714. The Labute approximate surface area is 69.4 Å². The summed E-state index contributed by atoms with van der Waals surface area (Å²) >= 11 is 0. The van der Waals surface area contributed by atoms with E-state index in [1.807, 2.05) is 0 Å². The average Bonchev–Trinajstić information content (AvgIpc) is 2.31. The predicted molar refractivity (Wildman–Crippen MR) is 37.8 cm³/mol. The van der Waals surface area contributed by atoms with E-state index in [1.54, 1.807) is 0 Å². The van der Waals surface area contributed by atoms with E-state index in [0.29, 0.717) is 6.42 Å². The molecule has 1 amide bonds. The van der Waals surface area contributed by atoms with E-state index in [4.69, 9.17) is 5.11 Å². The number of aliphatic carboxylic acids is 1. The average molecular weight is 172 g/mol. The molecule has 0 saturated carbocycles. The van der Waals surface area contributed by atoms with Gasteiger partial charge in [0.1, 0.15) is 6.61 Å². The van der Waals surface area contributed by atoms with E-state index >= 15 is 0 Å². The highest BCUT2D eigenvalue weighted by Crippen LogP contribution is 2.18. The van der Waals surface area contributed by atoms with Crippen molar-refractivity contribution < 1.29 is 19.8 Å². The summed E-state index contributed by atoms with van der Waals surface area (Å²) < 4.78 is 0. The highest BCUT2D eigenvalue weighted by molar-refractivity contribution is 5.85. The third-order valence-corrected chi connectivity index (χ3v) is 1.91. The summed E-state index contributed by atoms with van der Waals surface area (Å²) in [5.74, 6) is -1.82. The van der Waals surface area contributed by atoms with Crippen molar-refractivity contribution in [2.24, 2.45) is 5.92 Å². The van der Waals surface area contributed by atoms with Gasteiger partial charge in [-0.2, -0.15) is 0 Å². The normalized spacial score (nSPS) is 28.6. The van der Waals surface area contributed by atoms with Crippen LogP contribution in [0.15, 0.2) is 0 Å². The fourth-order valence-electron chi connectivity index (χ4n) is 1.32. The molecule has 2 unspecified atom stereocenters. The molecule has 0 aromatic rings. The van der Waals surface area contributed by atoms with Crippen molar-refractivity contribution in [3.8, 4) is 0 Å². The first-order valence-electron chi connectivity index (χ1n) is 3.73. The SMILES string of the molecule is [O]CC1CC(CC(=O)O)C(=O)N1. The molecule has 67 valence electrons. The number of carbonyl (C=O) groups excluding carboxylic acids is 1. The molecule has 5 heteroatoms.